The van der Waals surface area contributed by atoms with E-state index in [0.717, 1.165) is 11.3 Å². The van der Waals surface area contributed by atoms with Crippen LogP contribution < -0.4 is 19.5 Å². The second-order valence-electron chi connectivity index (χ2n) is 6.94. The van der Waals surface area contributed by atoms with E-state index in [-0.39, 0.29) is 5.91 Å². The Balaban J connectivity index is 1.78. The number of amides is 1. The summed E-state index contributed by atoms with van der Waals surface area (Å²) in [6.07, 6.45) is 0. The van der Waals surface area contributed by atoms with Gasteiger partial charge in [0, 0.05) is 11.1 Å². The molecule has 0 heterocycles. The van der Waals surface area contributed by atoms with Gasteiger partial charge in [-0.3, -0.25) is 4.79 Å². The molecule has 5 nitrogen and oxygen atoms in total. The highest BCUT2D eigenvalue weighted by atomic mass is 16.5. The Kier molecular flexibility index (Phi) is 6.96. The molecule has 0 aliphatic heterocycles. The summed E-state index contributed by atoms with van der Waals surface area (Å²) >= 11 is 0. The second kappa shape index (κ2) is 9.83. The van der Waals surface area contributed by atoms with E-state index in [0.29, 0.717) is 36.0 Å². The van der Waals surface area contributed by atoms with Crippen molar-refractivity contribution in [2.24, 2.45) is 0 Å². The predicted molar refractivity (Wildman–Crippen MR) is 119 cm³/mol. The van der Waals surface area contributed by atoms with Crippen molar-refractivity contribution in [3.8, 4) is 17.2 Å². The SMILES string of the molecule is CCOc1ccccc1NC(=O)c1ccc(OC)c(COc2ccc(C)c(C)c2)c1. The molecular formula is C25H27NO4. The highest BCUT2D eigenvalue weighted by molar-refractivity contribution is 6.05. The minimum atomic E-state index is -0.225. The van der Waals surface area contributed by atoms with Crippen molar-refractivity contribution in [3.05, 3.63) is 82.9 Å². The molecule has 0 spiro atoms. The van der Waals surface area contributed by atoms with E-state index in [2.05, 4.69) is 12.2 Å². The largest absolute Gasteiger partial charge is 0.496 e. The van der Waals surface area contributed by atoms with Crippen molar-refractivity contribution in [3.63, 3.8) is 0 Å². The fourth-order valence-corrected chi connectivity index (χ4v) is 3.04. The number of hydrogen-bond donors (Lipinski definition) is 1. The molecule has 1 N–H and O–H groups in total. The summed E-state index contributed by atoms with van der Waals surface area (Å²) in [7, 11) is 1.60. The lowest BCUT2D eigenvalue weighted by Crippen LogP contribution is -2.14. The van der Waals surface area contributed by atoms with Gasteiger partial charge in [0.15, 0.2) is 0 Å². The van der Waals surface area contributed by atoms with Crippen LogP contribution in [-0.2, 0) is 6.61 Å². The van der Waals surface area contributed by atoms with Crippen LogP contribution >= 0.6 is 0 Å². The summed E-state index contributed by atoms with van der Waals surface area (Å²) in [5.41, 5.74) is 4.32. The highest BCUT2D eigenvalue weighted by Gasteiger charge is 2.13. The number of rotatable bonds is 8. The fraction of sp³-hybridized carbons (Fsp3) is 0.240. The maximum Gasteiger partial charge on any atom is 0.255 e. The molecule has 3 aromatic carbocycles. The number of carbonyl (C=O) groups excluding carboxylic acids is 1. The van der Waals surface area contributed by atoms with Gasteiger partial charge in [0.2, 0.25) is 0 Å². The molecule has 0 unspecified atom stereocenters. The second-order valence-corrected chi connectivity index (χ2v) is 6.94. The fourth-order valence-electron chi connectivity index (χ4n) is 3.04. The Morgan fingerprint density at radius 3 is 2.43 bits per heavy atom. The van der Waals surface area contributed by atoms with E-state index >= 15 is 0 Å². The van der Waals surface area contributed by atoms with Crippen molar-refractivity contribution in [1.82, 2.24) is 0 Å². The number of methoxy groups -OCH3 is 1. The standard InChI is InChI=1S/C25H27NO4/c1-5-29-24-9-7-6-8-22(24)26-25(27)19-11-13-23(28-4)20(15-19)16-30-21-12-10-17(2)18(3)14-21/h6-15H,5,16H2,1-4H3,(H,26,27). The molecule has 0 aliphatic rings. The predicted octanol–water partition coefficient (Wildman–Crippen LogP) is 5.54. The van der Waals surface area contributed by atoms with Crippen LogP contribution in [0.2, 0.25) is 0 Å². The van der Waals surface area contributed by atoms with Crippen LogP contribution in [0.3, 0.4) is 0 Å². The topological polar surface area (TPSA) is 56.8 Å². The zero-order valence-corrected chi connectivity index (χ0v) is 17.8. The van der Waals surface area contributed by atoms with Crippen LogP contribution in [0.25, 0.3) is 0 Å². The van der Waals surface area contributed by atoms with Gasteiger partial charge in [-0.25, -0.2) is 0 Å². The number of carbonyl (C=O) groups is 1. The molecule has 0 aliphatic carbocycles. The van der Waals surface area contributed by atoms with Gasteiger partial charge in [0.25, 0.3) is 5.91 Å². The maximum atomic E-state index is 12.8. The Morgan fingerprint density at radius 1 is 0.900 bits per heavy atom. The number of ether oxygens (including phenoxy) is 3. The van der Waals surface area contributed by atoms with Crippen LogP contribution in [0.1, 0.15) is 34.0 Å². The Bertz CT molecular complexity index is 1030. The first-order valence-electron chi connectivity index (χ1n) is 9.92. The van der Waals surface area contributed by atoms with Gasteiger partial charge >= 0.3 is 0 Å². The first kappa shape index (κ1) is 21.2. The minimum Gasteiger partial charge on any atom is -0.496 e. The smallest absolute Gasteiger partial charge is 0.255 e. The van der Waals surface area contributed by atoms with E-state index in [4.69, 9.17) is 14.2 Å². The molecule has 3 rings (SSSR count). The summed E-state index contributed by atoms with van der Waals surface area (Å²) < 4.78 is 17.0. The van der Waals surface area contributed by atoms with Crippen LogP contribution in [0.15, 0.2) is 60.7 Å². The van der Waals surface area contributed by atoms with E-state index < -0.39 is 0 Å². The molecule has 0 radical (unpaired) electrons. The normalized spacial score (nSPS) is 10.4. The zero-order valence-electron chi connectivity index (χ0n) is 17.8. The first-order chi connectivity index (χ1) is 14.5. The molecule has 0 saturated carbocycles. The average Bonchev–Trinajstić information content (AvgIpc) is 2.76. The van der Waals surface area contributed by atoms with Gasteiger partial charge in [-0.1, -0.05) is 18.2 Å². The van der Waals surface area contributed by atoms with E-state index in [1.54, 1.807) is 25.3 Å². The van der Waals surface area contributed by atoms with E-state index in [1.807, 2.05) is 56.3 Å². The third-order valence-corrected chi connectivity index (χ3v) is 4.85. The molecule has 0 bridgehead atoms. The summed E-state index contributed by atoms with van der Waals surface area (Å²) in [5.74, 6) is 1.86. The van der Waals surface area contributed by atoms with Crippen LogP contribution in [0.4, 0.5) is 5.69 Å². The zero-order chi connectivity index (χ0) is 21.5. The monoisotopic (exact) mass is 405 g/mol. The number of nitrogens with one attached hydrogen (secondary N) is 1. The summed E-state index contributed by atoms with van der Waals surface area (Å²) in [6, 6.07) is 18.6. The molecule has 0 aromatic heterocycles. The molecule has 5 heteroatoms. The number of para-hydroxylation sites is 2. The van der Waals surface area contributed by atoms with Crippen molar-refractivity contribution >= 4 is 11.6 Å². The molecule has 0 saturated heterocycles. The molecule has 1 amide bonds. The summed E-state index contributed by atoms with van der Waals surface area (Å²) in [6.45, 7) is 6.84. The lowest BCUT2D eigenvalue weighted by atomic mass is 10.1. The van der Waals surface area contributed by atoms with Crippen molar-refractivity contribution in [2.75, 3.05) is 19.0 Å². The minimum absolute atomic E-state index is 0.225. The van der Waals surface area contributed by atoms with Gasteiger partial charge < -0.3 is 19.5 Å². The van der Waals surface area contributed by atoms with E-state index in [9.17, 15) is 4.79 Å². The van der Waals surface area contributed by atoms with Gasteiger partial charge in [-0.15, -0.1) is 0 Å². The lowest BCUT2D eigenvalue weighted by Gasteiger charge is -2.14. The van der Waals surface area contributed by atoms with Crippen molar-refractivity contribution in [2.45, 2.75) is 27.4 Å². The van der Waals surface area contributed by atoms with Gasteiger partial charge in [-0.2, -0.15) is 0 Å². The Hall–Kier alpha value is -3.47. The van der Waals surface area contributed by atoms with Crippen molar-refractivity contribution in [1.29, 1.82) is 0 Å². The van der Waals surface area contributed by atoms with Crippen molar-refractivity contribution < 1.29 is 19.0 Å². The maximum absolute atomic E-state index is 12.8. The number of benzene rings is 3. The summed E-state index contributed by atoms with van der Waals surface area (Å²) in [4.78, 5) is 12.8. The van der Waals surface area contributed by atoms with Gasteiger partial charge in [0.1, 0.15) is 23.9 Å². The van der Waals surface area contributed by atoms with Gasteiger partial charge in [-0.05, 0) is 74.4 Å². The number of hydrogen-bond acceptors (Lipinski definition) is 4. The van der Waals surface area contributed by atoms with Gasteiger partial charge in [0.05, 0.1) is 19.4 Å². The van der Waals surface area contributed by atoms with E-state index in [1.165, 1.54) is 11.1 Å². The molecule has 156 valence electrons. The van der Waals surface area contributed by atoms with Crippen LogP contribution in [0.5, 0.6) is 17.2 Å². The average molecular weight is 405 g/mol. The Morgan fingerprint density at radius 2 is 1.70 bits per heavy atom. The molecule has 0 atom stereocenters. The quantitative estimate of drug-likeness (QED) is 0.534. The lowest BCUT2D eigenvalue weighted by molar-refractivity contribution is 0.102. The summed E-state index contributed by atoms with van der Waals surface area (Å²) in [5, 5.41) is 2.92. The number of aryl methyl sites for hydroxylation is 2. The van der Waals surface area contributed by atoms with Crippen LogP contribution in [0, 0.1) is 13.8 Å². The number of anilines is 1. The Labute approximate surface area is 177 Å². The third kappa shape index (κ3) is 5.11. The molecular weight excluding hydrogens is 378 g/mol. The highest BCUT2D eigenvalue weighted by Crippen LogP contribution is 2.26. The molecule has 30 heavy (non-hydrogen) atoms. The third-order valence-electron chi connectivity index (χ3n) is 4.85. The molecule has 0 fully saturated rings. The van der Waals surface area contributed by atoms with Crippen LogP contribution in [-0.4, -0.2) is 19.6 Å². The first-order valence-corrected chi connectivity index (χ1v) is 9.92. The molecule has 3 aromatic rings.